The molecule has 4 N–H and O–H groups in total. The number of fused-ring (bicyclic) bond motifs is 1. The first-order valence-electron chi connectivity index (χ1n) is 14.5. The highest BCUT2D eigenvalue weighted by molar-refractivity contribution is 7.46. The molecule has 0 radical (unpaired) electrons. The molecule has 10 heteroatoms. The molecule has 0 aliphatic carbocycles. The molecule has 0 spiro atoms. The summed E-state index contributed by atoms with van der Waals surface area (Å²) in [7, 11) is 2.81. The van der Waals surface area contributed by atoms with E-state index in [1.165, 1.54) is 25.8 Å². The van der Waals surface area contributed by atoms with Crippen LogP contribution in [0.4, 0.5) is 5.82 Å². The summed E-state index contributed by atoms with van der Waals surface area (Å²) in [4.78, 5) is 17.2. The number of hydrogen-bond donors (Lipinski definition) is 4. The van der Waals surface area contributed by atoms with Crippen molar-refractivity contribution in [3.63, 3.8) is 0 Å². The standard InChI is InChI=1S/C20H26N5OP.C9H11NO2.C3H8/c1-24-9-5-6-14(13-24)11-21-19-10-16(15-7-3-4-8-17(15)26)23-20-18(27-2)12-22-25(19)20;1-7-2-3-8(5-10-6-11)9(12)4-7;1-3-2/h3-4,7-8,10,12,14,21,26-27H,5-6,9,11,13H2,1-2H3;2-4,6,12H,5H2,1H3,(H,10,11);3H2,1-2H3. The molecule has 1 aliphatic rings. The molecule has 1 saturated heterocycles. The lowest BCUT2D eigenvalue weighted by Crippen LogP contribution is -2.35. The number of phenolic OH excluding ortho intramolecular Hbond substituents is 2. The summed E-state index contributed by atoms with van der Waals surface area (Å²) >= 11 is 0. The molecule has 2 atom stereocenters. The Balaban J connectivity index is 0.000000270. The third kappa shape index (κ3) is 9.16. The Kier molecular flexibility index (Phi) is 13.0. The summed E-state index contributed by atoms with van der Waals surface area (Å²) in [6, 6.07) is 14.7. The van der Waals surface area contributed by atoms with Crippen LogP contribution in [0.5, 0.6) is 11.5 Å². The van der Waals surface area contributed by atoms with Crippen LogP contribution in [-0.4, -0.2) is 69.5 Å². The Labute approximate surface area is 251 Å². The van der Waals surface area contributed by atoms with Crippen molar-refractivity contribution in [2.45, 2.75) is 46.6 Å². The van der Waals surface area contributed by atoms with E-state index in [1.54, 1.807) is 18.2 Å². The van der Waals surface area contributed by atoms with E-state index in [0.29, 0.717) is 27.5 Å². The van der Waals surface area contributed by atoms with Gasteiger partial charge < -0.3 is 25.7 Å². The van der Waals surface area contributed by atoms with Crippen LogP contribution < -0.4 is 15.9 Å². The molecule has 5 rings (SSSR count). The molecular formula is C32H45N6O3P. The fourth-order valence-electron chi connectivity index (χ4n) is 4.76. The van der Waals surface area contributed by atoms with E-state index in [0.717, 1.165) is 52.2 Å². The predicted octanol–water partition coefficient (Wildman–Crippen LogP) is 5.15. The Hall–Kier alpha value is -3.68. The number of nitrogens with zero attached hydrogens (tertiary/aromatic N) is 4. The minimum absolute atomic E-state index is 0.226. The van der Waals surface area contributed by atoms with Crippen LogP contribution in [0.25, 0.3) is 16.9 Å². The van der Waals surface area contributed by atoms with E-state index < -0.39 is 0 Å². The molecule has 42 heavy (non-hydrogen) atoms. The van der Waals surface area contributed by atoms with Gasteiger partial charge in [-0.3, -0.25) is 4.79 Å². The Bertz CT molecular complexity index is 1430. The minimum Gasteiger partial charge on any atom is -0.508 e. The lowest BCUT2D eigenvalue weighted by atomic mass is 9.98. The molecule has 1 amide bonds. The average Bonchev–Trinajstić information content (AvgIpc) is 3.40. The Morgan fingerprint density at radius 2 is 1.88 bits per heavy atom. The lowest BCUT2D eigenvalue weighted by Gasteiger charge is -2.30. The summed E-state index contributed by atoms with van der Waals surface area (Å²) in [5.41, 5.74) is 4.10. The van der Waals surface area contributed by atoms with Crippen LogP contribution in [0.15, 0.2) is 54.7 Å². The number of phenols is 2. The smallest absolute Gasteiger partial charge is 0.207 e. The number of amides is 1. The zero-order valence-electron chi connectivity index (χ0n) is 25.4. The number of rotatable bonds is 8. The van der Waals surface area contributed by atoms with Gasteiger partial charge in [0.15, 0.2) is 5.65 Å². The number of carbonyl (C=O) groups is 1. The molecule has 1 aliphatic heterocycles. The zero-order valence-corrected chi connectivity index (χ0v) is 26.4. The predicted molar refractivity (Wildman–Crippen MR) is 174 cm³/mol. The maximum absolute atomic E-state index is 10.3. The lowest BCUT2D eigenvalue weighted by molar-refractivity contribution is -0.109. The molecule has 1 fully saturated rings. The average molecular weight is 593 g/mol. The van der Waals surface area contributed by atoms with E-state index in [2.05, 4.69) is 48.2 Å². The fourth-order valence-corrected chi connectivity index (χ4v) is 5.33. The molecule has 2 aromatic carbocycles. The second-order valence-electron chi connectivity index (χ2n) is 10.6. The number of hydrogen-bond acceptors (Lipinski definition) is 7. The molecule has 2 unspecified atom stereocenters. The number of aromatic hydroxyl groups is 2. The summed E-state index contributed by atoms with van der Waals surface area (Å²) < 4.78 is 1.89. The highest BCUT2D eigenvalue weighted by Crippen LogP contribution is 2.30. The maximum Gasteiger partial charge on any atom is 0.207 e. The molecule has 4 aromatic rings. The van der Waals surface area contributed by atoms with Crippen LogP contribution >= 0.6 is 8.58 Å². The van der Waals surface area contributed by atoms with Crippen molar-refractivity contribution in [1.82, 2.24) is 24.8 Å². The summed E-state index contributed by atoms with van der Waals surface area (Å²) in [5.74, 6) is 2.03. The van der Waals surface area contributed by atoms with Crippen LogP contribution in [-0.2, 0) is 11.3 Å². The highest BCUT2D eigenvalue weighted by atomic mass is 31.1. The van der Waals surface area contributed by atoms with Gasteiger partial charge in [-0.1, -0.05) is 53.1 Å². The van der Waals surface area contributed by atoms with Gasteiger partial charge in [-0.15, -0.1) is 0 Å². The van der Waals surface area contributed by atoms with Gasteiger partial charge >= 0.3 is 0 Å². The molecule has 226 valence electrons. The normalized spacial score (nSPS) is 15.0. The Morgan fingerprint density at radius 1 is 1.12 bits per heavy atom. The number of aromatic nitrogens is 3. The maximum atomic E-state index is 10.3. The first-order chi connectivity index (χ1) is 20.3. The van der Waals surface area contributed by atoms with Gasteiger partial charge in [0.25, 0.3) is 0 Å². The number of benzene rings is 2. The van der Waals surface area contributed by atoms with Gasteiger partial charge in [-0.05, 0) is 69.7 Å². The molecular weight excluding hydrogens is 547 g/mol. The SMILES string of the molecule is CCC.CPc1cnn2c(NCC3CCCN(C)C3)cc(-c3ccccc3O)nc12.Cc1ccc(CNC=O)c(O)c1. The third-order valence-corrected chi connectivity index (χ3v) is 7.72. The van der Waals surface area contributed by atoms with Crippen molar-refractivity contribution in [1.29, 1.82) is 0 Å². The molecule has 2 aromatic heterocycles. The van der Waals surface area contributed by atoms with Crippen molar-refractivity contribution in [2.24, 2.45) is 5.92 Å². The second kappa shape index (κ2) is 16.7. The monoisotopic (exact) mass is 592 g/mol. The quantitative estimate of drug-likeness (QED) is 0.165. The number of piperidine rings is 1. The number of nitrogens with one attached hydrogen (secondary N) is 2. The molecule has 9 nitrogen and oxygen atoms in total. The molecule has 3 heterocycles. The van der Waals surface area contributed by atoms with Gasteiger partial charge in [0, 0.05) is 42.1 Å². The zero-order chi connectivity index (χ0) is 30.5. The molecule has 0 saturated carbocycles. The van der Waals surface area contributed by atoms with E-state index in [-0.39, 0.29) is 11.5 Å². The third-order valence-electron chi connectivity index (χ3n) is 6.83. The number of anilines is 1. The van der Waals surface area contributed by atoms with Crippen molar-refractivity contribution >= 4 is 31.8 Å². The van der Waals surface area contributed by atoms with E-state index in [1.807, 2.05) is 48.0 Å². The number of aryl methyl sites for hydroxylation is 1. The summed E-state index contributed by atoms with van der Waals surface area (Å²) in [6.07, 6.45) is 6.26. The van der Waals surface area contributed by atoms with Crippen molar-refractivity contribution in [2.75, 3.05) is 38.7 Å². The van der Waals surface area contributed by atoms with Gasteiger partial charge in [-0.2, -0.15) is 9.61 Å². The Morgan fingerprint density at radius 3 is 2.55 bits per heavy atom. The van der Waals surface area contributed by atoms with Gasteiger partial charge in [0.05, 0.1) is 11.9 Å². The van der Waals surface area contributed by atoms with Crippen LogP contribution in [0.2, 0.25) is 0 Å². The van der Waals surface area contributed by atoms with Gasteiger partial charge in [0.1, 0.15) is 17.3 Å². The van der Waals surface area contributed by atoms with E-state index >= 15 is 0 Å². The van der Waals surface area contributed by atoms with Gasteiger partial charge in [-0.25, -0.2) is 4.98 Å². The minimum atomic E-state index is 0.226. The summed E-state index contributed by atoms with van der Waals surface area (Å²) in [6.45, 7) is 11.9. The van der Waals surface area contributed by atoms with Crippen molar-refractivity contribution in [3.05, 3.63) is 65.9 Å². The largest absolute Gasteiger partial charge is 0.508 e. The topological polar surface area (TPSA) is 115 Å². The second-order valence-corrected chi connectivity index (χ2v) is 11.6. The highest BCUT2D eigenvalue weighted by Gasteiger charge is 2.19. The summed E-state index contributed by atoms with van der Waals surface area (Å²) in [5, 5.41) is 31.4. The molecule has 0 bridgehead atoms. The fraction of sp³-hybridized carbons (Fsp3) is 0.406. The first kappa shape index (κ1) is 32.8. The van der Waals surface area contributed by atoms with Crippen molar-refractivity contribution in [3.8, 4) is 22.8 Å². The van der Waals surface area contributed by atoms with Crippen LogP contribution in [0.3, 0.4) is 0 Å². The van der Waals surface area contributed by atoms with Gasteiger partial charge in [0.2, 0.25) is 6.41 Å². The van der Waals surface area contributed by atoms with E-state index in [9.17, 15) is 15.0 Å². The van der Waals surface area contributed by atoms with Crippen LogP contribution in [0, 0.1) is 12.8 Å². The van der Waals surface area contributed by atoms with Crippen LogP contribution in [0.1, 0.15) is 44.2 Å². The number of carbonyl (C=O) groups excluding carboxylic acids is 1. The number of para-hydroxylation sites is 1. The number of likely N-dealkylation sites (tertiary alicyclic amines) is 1. The van der Waals surface area contributed by atoms with Crippen molar-refractivity contribution < 1.29 is 15.0 Å². The first-order valence-corrected chi connectivity index (χ1v) is 16.0. The van der Waals surface area contributed by atoms with E-state index in [4.69, 9.17) is 4.98 Å².